The molecule has 0 aromatic heterocycles. The highest BCUT2D eigenvalue weighted by Gasteiger charge is 2.46. The van der Waals surface area contributed by atoms with E-state index in [1.807, 2.05) is 90.9 Å². The first kappa shape index (κ1) is 88.8. The summed E-state index contributed by atoms with van der Waals surface area (Å²) >= 11 is 0. The Labute approximate surface area is 624 Å². The van der Waals surface area contributed by atoms with Crippen molar-refractivity contribution in [1.82, 2.24) is 51.1 Å². The molecule has 0 unspecified atom stereocenters. The van der Waals surface area contributed by atoms with Crippen molar-refractivity contribution in [2.45, 2.75) is 201 Å². The van der Waals surface area contributed by atoms with Gasteiger partial charge in [-0.2, -0.15) is 8.78 Å². The van der Waals surface area contributed by atoms with Crippen LogP contribution in [0.15, 0.2) is 54.6 Å². The van der Waals surface area contributed by atoms with Gasteiger partial charge in [-0.15, -0.1) is 0 Å². The van der Waals surface area contributed by atoms with Crippen LogP contribution in [0.3, 0.4) is 0 Å². The maximum Gasteiger partial charge on any atom is 0.317 e. The third kappa shape index (κ3) is 24.1. The fourth-order valence-corrected chi connectivity index (χ4v) is 13.9. The number of halogens is 5. The number of primary amides is 1. The molecule has 26 nitrogen and oxygen atoms in total. The maximum absolute atomic E-state index is 14.7. The number of ether oxygens (including phenoxy) is 3. The predicted octanol–water partition coefficient (Wildman–Crippen LogP) is 6.74. The second kappa shape index (κ2) is 40.9. The van der Waals surface area contributed by atoms with Crippen LogP contribution in [0.1, 0.15) is 145 Å². The molecule has 0 aliphatic carbocycles. The van der Waals surface area contributed by atoms with Gasteiger partial charge in [-0.05, 0) is 106 Å². The standard InChI is InChI=1S/C76H111F5N12O14/c1-17-45(8)65(91(14)73(102)63(43(4)5)88-71(100)64(44(6)7)89(11)12)53(105-15)40-56(96)93-36-22-26-52(93)66(106-16)46(9)68(97)86-51(39-47-23-19-18-20-24-47)72(101)90(13)41-48-27-29-49(30-28-48)84-69(98)50(25-21-35-83-75(82)104)85-70(99)62(42(2)3)87-54(94)31-32-55(95)92-37-33-76(10,34-38-92)74(103)107-67-60(80)58(78)57(77)59(79)61(67)81/h18-20,23-24,27-30,42-46,50-53,62-66H,17,21-22,25-26,31-41H2,1-16H3,(H,84,98)(H,85,99)(H,86,97)(H,87,94)(H,88,100)(H3,82,83,104)/t45-,46+,50-,51-,52-,53+,62-,63-,64-,65-,66+/m0/s1. The lowest BCUT2D eigenvalue weighted by atomic mass is 9.80. The fourth-order valence-electron chi connectivity index (χ4n) is 13.9. The van der Waals surface area contributed by atoms with E-state index in [-0.39, 0.29) is 107 Å². The van der Waals surface area contributed by atoms with Crippen molar-refractivity contribution in [3.8, 4) is 5.75 Å². The third-order valence-electron chi connectivity index (χ3n) is 20.4. The molecule has 2 aliphatic rings. The highest BCUT2D eigenvalue weighted by Crippen LogP contribution is 2.37. The molecule has 11 amide bonds. The number of hydrogen-bond donors (Lipinski definition) is 7. The van der Waals surface area contributed by atoms with Crippen LogP contribution in [0.5, 0.6) is 5.75 Å². The molecule has 2 heterocycles. The lowest BCUT2D eigenvalue weighted by molar-refractivity contribution is -0.151. The Hall–Kier alpha value is -8.84. The quantitative estimate of drug-likeness (QED) is 0.00780. The largest absolute Gasteiger partial charge is 0.420 e. The zero-order chi connectivity index (χ0) is 80.1. The van der Waals surface area contributed by atoms with E-state index < -0.39 is 160 Å². The number of amides is 11. The van der Waals surface area contributed by atoms with Crippen molar-refractivity contribution in [2.75, 3.05) is 73.9 Å². The molecular weight excluding hydrogens is 1400 g/mol. The number of esters is 1. The number of nitrogens with two attached hydrogens (primary N) is 1. The van der Waals surface area contributed by atoms with Gasteiger partial charge in [0.1, 0.15) is 24.2 Å². The van der Waals surface area contributed by atoms with Crippen molar-refractivity contribution in [1.29, 1.82) is 0 Å². The third-order valence-corrected chi connectivity index (χ3v) is 20.4. The Morgan fingerprint density at radius 3 is 1.78 bits per heavy atom. The molecule has 594 valence electrons. The summed E-state index contributed by atoms with van der Waals surface area (Å²) in [5.74, 6) is -20.9. The minimum atomic E-state index is -2.42. The summed E-state index contributed by atoms with van der Waals surface area (Å²) in [6.45, 7) is 18.3. The molecule has 107 heavy (non-hydrogen) atoms. The van der Waals surface area contributed by atoms with Crippen molar-refractivity contribution in [2.24, 2.45) is 40.7 Å². The van der Waals surface area contributed by atoms with Gasteiger partial charge in [0, 0.05) is 86.0 Å². The highest BCUT2D eigenvalue weighted by atomic mass is 19.2. The topological polar surface area (TPSA) is 330 Å². The molecule has 0 spiro atoms. The fraction of sp³-hybridized carbons (Fsp3) is 0.618. The van der Waals surface area contributed by atoms with Crippen LogP contribution in [0.4, 0.5) is 32.4 Å². The molecule has 2 saturated heterocycles. The second-order valence-electron chi connectivity index (χ2n) is 29.6. The number of hydrogen-bond acceptors (Lipinski definition) is 15. The van der Waals surface area contributed by atoms with Gasteiger partial charge in [-0.25, -0.2) is 18.0 Å². The Kier molecular flexibility index (Phi) is 34.0. The summed E-state index contributed by atoms with van der Waals surface area (Å²) in [4.78, 5) is 159. The van der Waals surface area contributed by atoms with Crippen LogP contribution < -0.4 is 42.4 Å². The first-order chi connectivity index (χ1) is 50.3. The van der Waals surface area contributed by atoms with E-state index >= 15 is 0 Å². The smallest absolute Gasteiger partial charge is 0.317 e. The molecule has 8 N–H and O–H groups in total. The normalized spacial score (nSPS) is 17.1. The molecule has 3 aromatic rings. The number of nitrogens with one attached hydrogen (secondary N) is 6. The van der Waals surface area contributed by atoms with Crippen LogP contribution in [0.2, 0.25) is 0 Å². The zero-order valence-corrected chi connectivity index (χ0v) is 64.5. The first-order valence-electron chi connectivity index (χ1n) is 36.5. The maximum atomic E-state index is 14.7. The average molecular weight is 1510 g/mol. The van der Waals surface area contributed by atoms with E-state index in [0.29, 0.717) is 37.1 Å². The number of carbonyl (C=O) groups is 11. The Morgan fingerprint density at radius 1 is 0.645 bits per heavy atom. The molecule has 31 heteroatoms. The molecule has 0 radical (unpaired) electrons. The van der Waals surface area contributed by atoms with Crippen LogP contribution >= 0.6 is 0 Å². The monoisotopic (exact) mass is 1510 g/mol. The SMILES string of the molecule is CC[C@H](C)[C@@H]([C@@H](CC(=O)N1CCC[C@H]1[C@H](OC)[C@@H](C)C(=O)N[C@@H](Cc1ccccc1)C(=O)N(C)Cc1ccc(NC(=O)[C@H](CCCNC(N)=O)NC(=O)[C@@H](NC(=O)CCC(=O)N2CCC(C)(C(=O)Oc3c(F)c(F)c(F)c(F)c3F)CC2)C(C)C)cc1)OC)N(C)C(=O)[C@@H](NC(=O)[C@H](C(C)C)N(C)C)C(C)C. The minimum absolute atomic E-state index is 0.0106. The summed E-state index contributed by atoms with van der Waals surface area (Å²) in [5.41, 5.74) is 5.48. The Balaban J connectivity index is 1.22. The minimum Gasteiger partial charge on any atom is -0.420 e. The van der Waals surface area contributed by atoms with E-state index in [1.165, 1.54) is 30.9 Å². The molecule has 2 aliphatic heterocycles. The van der Waals surface area contributed by atoms with E-state index in [4.69, 9.17) is 15.2 Å². The molecule has 2 fully saturated rings. The number of likely N-dealkylation sites (N-methyl/N-ethyl adjacent to an activating group) is 3. The lowest BCUT2D eigenvalue weighted by Crippen LogP contribution is -2.59. The summed E-state index contributed by atoms with van der Waals surface area (Å²) in [7, 11) is 9.91. The van der Waals surface area contributed by atoms with Crippen LogP contribution in [-0.2, 0) is 70.4 Å². The van der Waals surface area contributed by atoms with Crippen molar-refractivity contribution in [3.63, 3.8) is 0 Å². The number of rotatable bonds is 38. The van der Waals surface area contributed by atoms with Crippen molar-refractivity contribution in [3.05, 3.63) is 94.8 Å². The summed E-state index contributed by atoms with van der Waals surface area (Å²) in [5, 5.41) is 16.6. The summed E-state index contributed by atoms with van der Waals surface area (Å²) < 4.78 is 86.7. The molecular formula is C76H111F5N12O14. The highest BCUT2D eigenvalue weighted by molar-refractivity contribution is 5.99. The molecule has 11 atom stereocenters. The summed E-state index contributed by atoms with van der Waals surface area (Å²) in [6, 6.07) is 8.94. The number of anilines is 1. The van der Waals surface area contributed by atoms with Crippen LogP contribution in [0, 0.1) is 64.1 Å². The van der Waals surface area contributed by atoms with Gasteiger partial charge in [-0.1, -0.05) is 111 Å². The zero-order valence-electron chi connectivity index (χ0n) is 64.5. The number of urea groups is 1. The Bertz CT molecular complexity index is 3530. The first-order valence-corrected chi connectivity index (χ1v) is 36.5. The number of nitrogens with zero attached hydrogens (tertiary/aromatic N) is 5. The number of benzene rings is 3. The second-order valence-corrected chi connectivity index (χ2v) is 29.6. The van der Waals surface area contributed by atoms with Gasteiger partial charge in [0.2, 0.25) is 88.0 Å². The van der Waals surface area contributed by atoms with E-state index in [9.17, 15) is 74.7 Å². The van der Waals surface area contributed by atoms with Gasteiger partial charge in [0.05, 0.1) is 48.1 Å². The number of likely N-dealkylation sites (tertiary alicyclic amines) is 2. The number of piperidine rings is 1. The summed E-state index contributed by atoms with van der Waals surface area (Å²) in [6.07, 6.45) is -0.576. The number of carbonyl (C=O) groups excluding carboxylic acids is 11. The molecule has 0 bridgehead atoms. The molecule has 3 aromatic carbocycles. The van der Waals surface area contributed by atoms with Crippen molar-refractivity contribution >= 4 is 70.9 Å². The van der Waals surface area contributed by atoms with Gasteiger partial charge in [-0.3, -0.25) is 52.8 Å². The van der Waals surface area contributed by atoms with E-state index in [0.717, 1.165) is 5.56 Å². The molecule has 5 rings (SSSR count). The Morgan fingerprint density at radius 2 is 1.23 bits per heavy atom. The van der Waals surface area contributed by atoms with E-state index in [1.54, 1.807) is 68.9 Å². The average Bonchev–Trinajstić information content (AvgIpc) is 0.806. The van der Waals surface area contributed by atoms with Crippen molar-refractivity contribution < 1.29 is 88.9 Å². The number of methoxy groups -OCH3 is 2. The van der Waals surface area contributed by atoms with Gasteiger partial charge in [0.15, 0.2) is 0 Å². The van der Waals surface area contributed by atoms with Gasteiger partial charge >= 0.3 is 12.0 Å². The van der Waals surface area contributed by atoms with Crippen LogP contribution in [0.25, 0.3) is 0 Å². The predicted molar refractivity (Wildman–Crippen MR) is 389 cm³/mol. The lowest BCUT2D eigenvalue weighted by Gasteiger charge is -2.41. The van der Waals surface area contributed by atoms with Crippen LogP contribution in [-0.4, -0.2) is 213 Å². The molecule has 0 saturated carbocycles. The van der Waals surface area contributed by atoms with Gasteiger partial charge in [0.25, 0.3) is 0 Å². The van der Waals surface area contributed by atoms with E-state index in [2.05, 4.69) is 36.6 Å². The van der Waals surface area contributed by atoms with Gasteiger partial charge < -0.3 is 71.4 Å².